The topological polar surface area (TPSA) is 49.8 Å². The van der Waals surface area contributed by atoms with Crippen LogP contribution in [-0.2, 0) is 10.9 Å². The van der Waals surface area contributed by atoms with Crippen molar-refractivity contribution >= 4 is 5.91 Å². The highest BCUT2D eigenvalue weighted by atomic mass is 19.4. The van der Waals surface area contributed by atoms with E-state index in [2.05, 4.69) is 0 Å². The Morgan fingerprint density at radius 2 is 1.96 bits per heavy atom. The van der Waals surface area contributed by atoms with Crippen molar-refractivity contribution in [3.8, 4) is 0 Å². The number of aliphatic hydroxyl groups excluding tert-OH is 1. The van der Waals surface area contributed by atoms with Crippen LogP contribution >= 0.6 is 0 Å². The molecule has 3 atom stereocenters. The zero-order chi connectivity index (χ0) is 17.5. The molecule has 1 aromatic rings. The number of likely N-dealkylation sites (tertiary alicyclic amines) is 1. The van der Waals surface area contributed by atoms with Crippen LogP contribution in [0.4, 0.5) is 13.2 Å². The number of hydrogen-bond donors (Lipinski definition) is 1. The van der Waals surface area contributed by atoms with Gasteiger partial charge >= 0.3 is 6.18 Å². The average Bonchev–Trinajstić information content (AvgIpc) is 2.93. The Bertz CT molecular complexity index is 617. The Morgan fingerprint density at radius 3 is 2.54 bits per heavy atom. The van der Waals surface area contributed by atoms with Gasteiger partial charge in [0, 0.05) is 19.2 Å². The highest BCUT2D eigenvalue weighted by molar-refractivity contribution is 5.94. The van der Waals surface area contributed by atoms with Crippen LogP contribution in [0.25, 0.3) is 0 Å². The summed E-state index contributed by atoms with van der Waals surface area (Å²) < 4.78 is 43.6. The van der Waals surface area contributed by atoms with Gasteiger partial charge in [0.25, 0.3) is 5.91 Å². The summed E-state index contributed by atoms with van der Waals surface area (Å²) in [5.41, 5.74) is -1.02. The van der Waals surface area contributed by atoms with E-state index >= 15 is 0 Å². The maximum Gasteiger partial charge on any atom is 0.416 e. The molecule has 1 aliphatic heterocycles. The number of halogens is 3. The lowest BCUT2D eigenvalue weighted by Gasteiger charge is -2.42. The van der Waals surface area contributed by atoms with Gasteiger partial charge in [-0.15, -0.1) is 0 Å². The number of fused-ring (bicyclic) bond motifs is 1. The van der Waals surface area contributed by atoms with E-state index in [9.17, 15) is 23.1 Å². The van der Waals surface area contributed by atoms with Crippen LogP contribution in [-0.4, -0.2) is 47.3 Å². The van der Waals surface area contributed by atoms with Gasteiger partial charge in [-0.1, -0.05) is 0 Å². The number of methoxy groups -OCH3 is 1. The summed E-state index contributed by atoms with van der Waals surface area (Å²) in [5, 5.41) is 9.94. The first-order valence-corrected chi connectivity index (χ1v) is 7.98. The van der Waals surface area contributed by atoms with Crippen LogP contribution in [0.15, 0.2) is 24.3 Å². The van der Waals surface area contributed by atoms with Crippen molar-refractivity contribution in [2.75, 3.05) is 13.7 Å². The molecule has 3 rings (SSSR count). The number of aliphatic hydroxyl groups is 1. The largest absolute Gasteiger partial charge is 0.416 e. The Hall–Kier alpha value is -1.60. The quantitative estimate of drug-likeness (QED) is 0.898. The number of amides is 1. The smallest absolute Gasteiger partial charge is 0.393 e. The van der Waals surface area contributed by atoms with Gasteiger partial charge < -0.3 is 14.7 Å². The monoisotopic (exact) mass is 343 g/mol. The van der Waals surface area contributed by atoms with Crippen molar-refractivity contribution < 1.29 is 27.8 Å². The van der Waals surface area contributed by atoms with E-state index in [4.69, 9.17) is 4.74 Å². The lowest BCUT2D eigenvalue weighted by atomic mass is 9.79. The number of nitrogens with zero attached hydrogens (tertiary/aromatic N) is 1. The second-order valence-electron chi connectivity index (χ2n) is 6.54. The minimum Gasteiger partial charge on any atom is -0.393 e. The number of alkyl halides is 3. The molecule has 1 amide bonds. The van der Waals surface area contributed by atoms with E-state index in [0.29, 0.717) is 32.2 Å². The molecule has 0 radical (unpaired) electrons. The lowest BCUT2D eigenvalue weighted by molar-refractivity contribution is -0.137. The van der Waals surface area contributed by atoms with Crippen molar-refractivity contribution in [3.05, 3.63) is 35.4 Å². The zero-order valence-electron chi connectivity index (χ0n) is 13.3. The van der Waals surface area contributed by atoms with Gasteiger partial charge in [-0.3, -0.25) is 4.79 Å². The van der Waals surface area contributed by atoms with Gasteiger partial charge in [0.1, 0.15) is 0 Å². The number of benzene rings is 1. The average molecular weight is 343 g/mol. The SMILES string of the molecule is COC12CCC(O)CC1N(C(=O)c1ccc(C(F)(F)F)cc1)CC2. The molecule has 0 bridgehead atoms. The third-order valence-electron chi connectivity index (χ3n) is 5.28. The van der Waals surface area contributed by atoms with Crippen LogP contribution in [0.1, 0.15) is 41.6 Å². The van der Waals surface area contributed by atoms with E-state index < -0.39 is 23.4 Å². The second-order valence-corrected chi connectivity index (χ2v) is 6.54. The van der Waals surface area contributed by atoms with E-state index in [1.165, 1.54) is 12.1 Å². The van der Waals surface area contributed by atoms with Gasteiger partial charge in [-0.25, -0.2) is 0 Å². The van der Waals surface area contributed by atoms with Gasteiger partial charge in [0.05, 0.1) is 23.3 Å². The third kappa shape index (κ3) is 2.91. The summed E-state index contributed by atoms with van der Waals surface area (Å²) in [7, 11) is 1.61. The summed E-state index contributed by atoms with van der Waals surface area (Å²) in [4.78, 5) is 14.4. The predicted octanol–water partition coefficient (Wildman–Crippen LogP) is 2.85. The maximum atomic E-state index is 12.7. The molecule has 0 spiro atoms. The molecule has 2 aliphatic rings. The highest BCUT2D eigenvalue weighted by Crippen LogP contribution is 2.43. The minimum absolute atomic E-state index is 0.218. The first kappa shape index (κ1) is 17.2. The lowest BCUT2D eigenvalue weighted by Crippen LogP contribution is -2.52. The maximum absolute atomic E-state index is 12.7. The molecule has 1 saturated carbocycles. The van der Waals surface area contributed by atoms with Crippen LogP contribution < -0.4 is 0 Å². The number of carbonyl (C=O) groups is 1. The number of rotatable bonds is 2. The van der Waals surface area contributed by atoms with Crippen molar-refractivity contribution in [2.45, 2.75) is 49.6 Å². The molecule has 7 heteroatoms. The molecule has 1 heterocycles. The van der Waals surface area contributed by atoms with Crippen LogP contribution in [0, 0.1) is 0 Å². The van der Waals surface area contributed by atoms with Crippen molar-refractivity contribution in [2.24, 2.45) is 0 Å². The molecule has 24 heavy (non-hydrogen) atoms. The molecular formula is C17H20F3NO3. The molecule has 3 unspecified atom stereocenters. The van der Waals surface area contributed by atoms with Gasteiger partial charge in [0.2, 0.25) is 0 Å². The van der Waals surface area contributed by atoms with Gasteiger partial charge in [-0.2, -0.15) is 13.2 Å². The first-order valence-electron chi connectivity index (χ1n) is 7.98. The zero-order valence-corrected chi connectivity index (χ0v) is 13.3. The van der Waals surface area contributed by atoms with E-state index in [1.807, 2.05) is 0 Å². The molecule has 0 aromatic heterocycles. The van der Waals surface area contributed by atoms with E-state index in [0.717, 1.165) is 12.1 Å². The molecule has 4 nitrogen and oxygen atoms in total. The Kier molecular flexibility index (Phi) is 4.34. The van der Waals surface area contributed by atoms with Gasteiger partial charge in [0.15, 0.2) is 0 Å². The normalized spacial score (nSPS) is 30.3. The predicted molar refractivity (Wildman–Crippen MR) is 80.5 cm³/mol. The first-order chi connectivity index (χ1) is 11.3. The fourth-order valence-corrected chi connectivity index (χ4v) is 3.89. The van der Waals surface area contributed by atoms with Crippen LogP contribution in [0.3, 0.4) is 0 Å². The van der Waals surface area contributed by atoms with Crippen LogP contribution in [0.2, 0.25) is 0 Å². The van der Waals surface area contributed by atoms with Crippen molar-refractivity contribution in [1.82, 2.24) is 4.90 Å². The second kappa shape index (κ2) is 6.04. The summed E-state index contributed by atoms with van der Waals surface area (Å²) >= 11 is 0. The molecule has 2 fully saturated rings. The van der Waals surface area contributed by atoms with E-state index in [-0.39, 0.29) is 17.5 Å². The van der Waals surface area contributed by atoms with E-state index in [1.54, 1.807) is 12.0 Å². The fraction of sp³-hybridized carbons (Fsp3) is 0.588. The fourth-order valence-electron chi connectivity index (χ4n) is 3.89. The molecule has 132 valence electrons. The molecule has 1 N–H and O–H groups in total. The summed E-state index contributed by atoms with van der Waals surface area (Å²) in [6.07, 6.45) is -2.50. The number of hydrogen-bond acceptors (Lipinski definition) is 3. The standard InChI is InChI=1S/C17H20F3NO3/c1-24-16-7-6-13(22)10-14(16)21(9-8-16)15(23)11-2-4-12(5-3-11)17(18,19)20/h2-5,13-14,22H,6-10H2,1H3. The van der Waals surface area contributed by atoms with Crippen molar-refractivity contribution in [1.29, 1.82) is 0 Å². The molecular weight excluding hydrogens is 323 g/mol. The Morgan fingerprint density at radius 1 is 1.29 bits per heavy atom. The summed E-state index contributed by atoms with van der Waals surface area (Å²) in [6, 6.07) is 4.00. The summed E-state index contributed by atoms with van der Waals surface area (Å²) in [5.74, 6) is -0.318. The number of ether oxygens (including phenoxy) is 1. The molecule has 1 saturated heterocycles. The highest BCUT2D eigenvalue weighted by Gasteiger charge is 2.52. The molecule has 1 aromatic carbocycles. The van der Waals surface area contributed by atoms with Gasteiger partial charge in [-0.05, 0) is 49.9 Å². The Balaban J connectivity index is 1.82. The minimum atomic E-state index is -4.42. The van der Waals surface area contributed by atoms with Crippen LogP contribution in [0.5, 0.6) is 0 Å². The van der Waals surface area contributed by atoms with Crippen molar-refractivity contribution in [3.63, 3.8) is 0 Å². The third-order valence-corrected chi connectivity index (χ3v) is 5.28. The number of carbonyl (C=O) groups excluding carboxylic acids is 1. The molecule has 1 aliphatic carbocycles. The summed E-state index contributed by atoms with van der Waals surface area (Å²) in [6.45, 7) is 0.477. The Labute approximate surface area is 138 Å².